The van der Waals surface area contributed by atoms with Gasteiger partial charge in [-0.1, -0.05) is 50.2 Å². The monoisotopic (exact) mass is 407 g/mol. The van der Waals surface area contributed by atoms with Crippen LogP contribution in [0.2, 0.25) is 0 Å². The lowest BCUT2D eigenvalue weighted by molar-refractivity contribution is -0.116. The summed E-state index contributed by atoms with van der Waals surface area (Å²) in [6.45, 7) is 4.87. The van der Waals surface area contributed by atoms with E-state index in [9.17, 15) is 4.79 Å². The first kappa shape index (κ1) is 19.5. The van der Waals surface area contributed by atoms with E-state index in [1.165, 1.54) is 4.88 Å². The Morgan fingerprint density at radius 3 is 2.66 bits per heavy atom. The van der Waals surface area contributed by atoms with Crippen molar-refractivity contribution in [3.63, 3.8) is 0 Å². The van der Waals surface area contributed by atoms with Crippen molar-refractivity contribution in [2.45, 2.75) is 26.2 Å². The highest BCUT2D eigenvalue weighted by Crippen LogP contribution is 2.47. The van der Waals surface area contributed by atoms with Gasteiger partial charge in [0.15, 0.2) is 11.5 Å². The second-order valence-electron chi connectivity index (χ2n) is 7.67. The lowest BCUT2D eigenvalue weighted by Crippen LogP contribution is -2.22. The molecule has 150 valence electrons. The van der Waals surface area contributed by atoms with Crippen LogP contribution in [0.15, 0.2) is 53.9 Å². The van der Waals surface area contributed by atoms with Crippen LogP contribution in [0.4, 0.5) is 5.69 Å². The number of ether oxygens (including phenoxy) is 2. The lowest BCUT2D eigenvalue weighted by Gasteiger charge is -2.24. The minimum Gasteiger partial charge on any atom is -0.493 e. The summed E-state index contributed by atoms with van der Waals surface area (Å²) in [5.41, 5.74) is 4.19. The van der Waals surface area contributed by atoms with Crippen molar-refractivity contribution in [1.29, 1.82) is 0 Å². The largest absolute Gasteiger partial charge is 0.493 e. The standard InChI is InChI=1S/C24H25NO3S/c1-15(2)13-28-20-10-9-17(11-21(20)27-3)18-12-22(26)25-23-19(14-29-24(18)23)16-7-5-4-6-8-16/h4-11,14-15,18H,12-13H2,1-3H3,(H,25,26). The maximum absolute atomic E-state index is 12.5. The van der Waals surface area contributed by atoms with E-state index in [-0.39, 0.29) is 11.8 Å². The smallest absolute Gasteiger partial charge is 0.225 e. The normalized spacial score (nSPS) is 15.7. The molecule has 1 amide bonds. The van der Waals surface area contributed by atoms with Crippen LogP contribution >= 0.6 is 11.3 Å². The Labute approximate surface area is 175 Å². The Hall–Kier alpha value is -2.79. The maximum atomic E-state index is 12.5. The number of fused-ring (bicyclic) bond motifs is 1. The van der Waals surface area contributed by atoms with Crippen molar-refractivity contribution in [1.82, 2.24) is 0 Å². The molecule has 1 atom stereocenters. The third kappa shape index (κ3) is 4.01. The first-order chi connectivity index (χ1) is 14.1. The van der Waals surface area contributed by atoms with Crippen LogP contribution in [-0.2, 0) is 4.79 Å². The summed E-state index contributed by atoms with van der Waals surface area (Å²) in [6.07, 6.45) is 0.428. The highest BCUT2D eigenvalue weighted by molar-refractivity contribution is 7.11. The van der Waals surface area contributed by atoms with E-state index in [0.29, 0.717) is 24.7 Å². The summed E-state index contributed by atoms with van der Waals surface area (Å²) in [7, 11) is 1.65. The molecule has 0 spiro atoms. The molecule has 0 aliphatic carbocycles. The number of benzene rings is 2. The zero-order valence-electron chi connectivity index (χ0n) is 16.9. The quantitative estimate of drug-likeness (QED) is 0.551. The molecule has 1 unspecified atom stereocenters. The van der Waals surface area contributed by atoms with E-state index in [4.69, 9.17) is 9.47 Å². The summed E-state index contributed by atoms with van der Waals surface area (Å²) in [6, 6.07) is 16.2. The Kier molecular flexibility index (Phi) is 5.58. The average Bonchev–Trinajstić information content (AvgIpc) is 3.15. The predicted molar refractivity (Wildman–Crippen MR) is 118 cm³/mol. The van der Waals surface area contributed by atoms with Crippen molar-refractivity contribution in [2.75, 3.05) is 19.0 Å². The molecule has 4 rings (SSSR count). The van der Waals surface area contributed by atoms with Gasteiger partial charge in [-0.05, 0) is 29.2 Å². The molecular weight excluding hydrogens is 382 g/mol. The SMILES string of the molecule is COc1cc(C2CC(=O)Nc3c(-c4ccccc4)csc32)ccc1OCC(C)C. The number of amides is 1. The Morgan fingerprint density at radius 1 is 1.14 bits per heavy atom. The van der Waals surface area contributed by atoms with E-state index in [1.807, 2.05) is 36.4 Å². The molecule has 0 radical (unpaired) electrons. The van der Waals surface area contributed by atoms with E-state index in [2.05, 4.69) is 36.7 Å². The van der Waals surface area contributed by atoms with Gasteiger partial charge in [-0.15, -0.1) is 11.3 Å². The zero-order valence-corrected chi connectivity index (χ0v) is 17.7. The Morgan fingerprint density at radius 2 is 1.93 bits per heavy atom. The van der Waals surface area contributed by atoms with Gasteiger partial charge in [-0.2, -0.15) is 0 Å². The predicted octanol–water partition coefficient (Wildman–Crippen LogP) is 5.93. The fraction of sp³-hybridized carbons (Fsp3) is 0.292. The third-order valence-corrected chi connectivity index (χ3v) is 6.13. The van der Waals surface area contributed by atoms with Crippen LogP contribution in [0.25, 0.3) is 11.1 Å². The molecule has 2 heterocycles. The molecule has 3 aromatic rings. The van der Waals surface area contributed by atoms with Gasteiger partial charge in [0, 0.05) is 28.2 Å². The number of hydrogen-bond acceptors (Lipinski definition) is 4. The fourth-order valence-electron chi connectivity index (χ4n) is 3.60. The maximum Gasteiger partial charge on any atom is 0.225 e. The van der Waals surface area contributed by atoms with Gasteiger partial charge in [0.2, 0.25) is 5.91 Å². The summed E-state index contributed by atoms with van der Waals surface area (Å²) < 4.78 is 11.5. The molecule has 5 heteroatoms. The van der Waals surface area contributed by atoms with Crippen molar-refractivity contribution in [3.8, 4) is 22.6 Å². The molecule has 1 aliphatic rings. The molecule has 1 aromatic heterocycles. The number of anilines is 1. The van der Waals surface area contributed by atoms with Crippen molar-refractivity contribution in [2.24, 2.45) is 5.92 Å². The topological polar surface area (TPSA) is 47.6 Å². The molecule has 0 fully saturated rings. The highest BCUT2D eigenvalue weighted by Gasteiger charge is 2.31. The summed E-state index contributed by atoms with van der Waals surface area (Å²) in [5.74, 6) is 1.93. The van der Waals surface area contributed by atoms with Gasteiger partial charge >= 0.3 is 0 Å². The third-order valence-electron chi connectivity index (χ3n) is 5.04. The van der Waals surface area contributed by atoms with E-state index < -0.39 is 0 Å². The van der Waals surface area contributed by atoms with Crippen LogP contribution in [-0.4, -0.2) is 19.6 Å². The van der Waals surface area contributed by atoms with Crippen LogP contribution in [0.3, 0.4) is 0 Å². The van der Waals surface area contributed by atoms with Crippen LogP contribution in [0, 0.1) is 5.92 Å². The van der Waals surface area contributed by atoms with E-state index in [0.717, 1.165) is 28.1 Å². The Bertz CT molecular complexity index is 1010. The summed E-state index contributed by atoms with van der Waals surface area (Å²) in [5, 5.41) is 5.23. The van der Waals surface area contributed by atoms with Crippen LogP contribution < -0.4 is 14.8 Å². The van der Waals surface area contributed by atoms with Crippen LogP contribution in [0.1, 0.15) is 36.6 Å². The van der Waals surface area contributed by atoms with Crippen molar-refractivity contribution in [3.05, 3.63) is 64.4 Å². The second-order valence-corrected chi connectivity index (χ2v) is 8.59. The molecule has 2 aromatic carbocycles. The van der Waals surface area contributed by atoms with Crippen LogP contribution in [0.5, 0.6) is 11.5 Å². The number of nitrogens with one attached hydrogen (secondary N) is 1. The van der Waals surface area contributed by atoms with E-state index >= 15 is 0 Å². The summed E-state index contributed by atoms with van der Waals surface area (Å²) >= 11 is 1.70. The number of thiophene rings is 1. The van der Waals surface area contributed by atoms with Gasteiger partial charge in [-0.25, -0.2) is 0 Å². The summed E-state index contributed by atoms with van der Waals surface area (Å²) in [4.78, 5) is 13.7. The van der Waals surface area contributed by atoms with Crippen molar-refractivity contribution >= 4 is 22.9 Å². The molecule has 4 nitrogen and oxygen atoms in total. The minimum atomic E-state index is 0.00857. The van der Waals surface area contributed by atoms with Gasteiger partial charge in [-0.3, -0.25) is 4.79 Å². The number of rotatable bonds is 6. The number of methoxy groups -OCH3 is 1. The van der Waals surface area contributed by atoms with Gasteiger partial charge in [0.1, 0.15) is 0 Å². The molecule has 0 saturated carbocycles. The number of carbonyl (C=O) groups is 1. The van der Waals surface area contributed by atoms with Crippen molar-refractivity contribution < 1.29 is 14.3 Å². The van der Waals surface area contributed by atoms with Gasteiger partial charge in [0.05, 0.1) is 19.4 Å². The van der Waals surface area contributed by atoms with E-state index in [1.54, 1.807) is 18.4 Å². The fourth-order valence-corrected chi connectivity index (χ4v) is 4.76. The second kappa shape index (κ2) is 8.29. The number of hydrogen-bond donors (Lipinski definition) is 1. The highest BCUT2D eigenvalue weighted by atomic mass is 32.1. The number of carbonyl (C=O) groups excluding carboxylic acids is 1. The first-order valence-electron chi connectivity index (χ1n) is 9.84. The van der Waals surface area contributed by atoms with Gasteiger partial charge < -0.3 is 14.8 Å². The van der Waals surface area contributed by atoms with Gasteiger partial charge in [0.25, 0.3) is 0 Å². The Balaban J connectivity index is 1.70. The molecule has 1 aliphatic heterocycles. The first-order valence-corrected chi connectivity index (χ1v) is 10.7. The molecule has 0 bridgehead atoms. The molecule has 29 heavy (non-hydrogen) atoms. The average molecular weight is 408 g/mol. The molecule has 1 N–H and O–H groups in total. The zero-order chi connectivity index (χ0) is 20.4. The minimum absolute atomic E-state index is 0.00857. The lowest BCUT2D eigenvalue weighted by atomic mass is 9.89. The molecule has 0 saturated heterocycles. The molecular formula is C24H25NO3S.